The normalized spacial score (nSPS) is 9.86. The fourth-order valence-electron chi connectivity index (χ4n) is 4.16. The molecule has 0 unspecified atom stereocenters. The molecule has 0 heterocycles. The minimum atomic E-state index is -0.122. The van der Waals surface area contributed by atoms with E-state index < -0.39 is 0 Å². The van der Waals surface area contributed by atoms with Gasteiger partial charge in [-0.05, 0) is 13.8 Å². The zero-order valence-electron chi connectivity index (χ0n) is 21.8. The van der Waals surface area contributed by atoms with Crippen molar-refractivity contribution in [2.45, 2.75) is 48.1 Å². The van der Waals surface area contributed by atoms with Crippen LogP contribution in [0.1, 0.15) is 33.4 Å². The summed E-state index contributed by atoms with van der Waals surface area (Å²) in [5, 5.41) is 7.20. The van der Waals surface area contributed by atoms with Gasteiger partial charge in [0.1, 0.15) is 0 Å². The first kappa shape index (κ1) is 31.6. The van der Waals surface area contributed by atoms with Crippen molar-refractivity contribution in [3.05, 3.63) is 112 Å². The van der Waals surface area contributed by atoms with E-state index in [2.05, 4.69) is 127 Å². The Labute approximate surface area is 239 Å². The molecule has 4 heteroatoms. The third kappa shape index (κ3) is 8.29. The molecule has 35 heavy (non-hydrogen) atoms. The molecule has 5 aromatic carbocycles. The first-order valence-electron chi connectivity index (χ1n) is 11.5. The maximum absolute atomic E-state index is 2.35. The van der Waals surface area contributed by atoms with Crippen LogP contribution in [0.25, 0.3) is 21.5 Å². The summed E-state index contributed by atoms with van der Waals surface area (Å²) >= 11 is 1.69. The SMILES string of the molecule is C[Si](=[Zr+2])c1ccccc1.Cc1cc2c(C)ccc(C)c2[cH-]1.Cc1cc2c(C)ccc(C)c2[cH-]1.[Cl-].[Cl-]. The Morgan fingerprint density at radius 1 is 0.571 bits per heavy atom. The fraction of sp³-hybridized carbons (Fsp3) is 0.226. The van der Waals surface area contributed by atoms with Crippen LogP contribution in [0.2, 0.25) is 6.55 Å². The minimum absolute atomic E-state index is 0. The van der Waals surface area contributed by atoms with E-state index in [1.165, 1.54) is 54.9 Å². The number of benzene rings is 3. The van der Waals surface area contributed by atoms with Crippen LogP contribution in [0.3, 0.4) is 0 Å². The summed E-state index contributed by atoms with van der Waals surface area (Å²) in [5.74, 6) is 0. The topological polar surface area (TPSA) is 0 Å². The van der Waals surface area contributed by atoms with Gasteiger partial charge in [-0.15, -0.1) is 68.1 Å². The van der Waals surface area contributed by atoms with Gasteiger partial charge in [0.2, 0.25) is 0 Å². The van der Waals surface area contributed by atoms with E-state index in [0.29, 0.717) is 0 Å². The van der Waals surface area contributed by atoms with Crippen molar-refractivity contribution in [1.82, 2.24) is 0 Å². The van der Waals surface area contributed by atoms with Crippen LogP contribution in [0.5, 0.6) is 0 Å². The monoisotopic (exact) mass is 594 g/mol. The molecule has 0 nitrogen and oxygen atoms in total. The molecule has 0 radical (unpaired) electrons. The maximum Gasteiger partial charge on any atom is -0.0488 e. The third-order valence-electron chi connectivity index (χ3n) is 6.14. The Kier molecular flexibility index (Phi) is 12.9. The third-order valence-corrected chi connectivity index (χ3v) is 9.47. The second-order valence-corrected chi connectivity index (χ2v) is 16.5. The molecule has 0 atom stereocenters. The molecule has 182 valence electrons. The summed E-state index contributed by atoms with van der Waals surface area (Å²) in [6, 6.07) is 28.6. The van der Waals surface area contributed by atoms with Crippen LogP contribution in [-0.2, 0) is 23.3 Å². The van der Waals surface area contributed by atoms with E-state index in [-0.39, 0.29) is 30.2 Å². The predicted octanol–water partition coefficient (Wildman–Crippen LogP) is 2.04. The van der Waals surface area contributed by atoms with Crippen LogP contribution >= 0.6 is 0 Å². The van der Waals surface area contributed by atoms with Crippen molar-refractivity contribution in [2.75, 3.05) is 0 Å². The van der Waals surface area contributed by atoms with Crippen LogP contribution in [0.4, 0.5) is 0 Å². The molecule has 0 aromatic heterocycles. The van der Waals surface area contributed by atoms with Crippen molar-refractivity contribution >= 4 is 32.2 Å². The molecule has 0 saturated heterocycles. The zero-order chi connectivity index (χ0) is 24.1. The quantitative estimate of drug-likeness (QED) is 0.205. The van der Waals surface area contributed by atoms with Gasteiger partial charge in [0.15, 0.2) is 0 Å². The first-order chi connectivity index (χ1) is 15.7. The molecule has 0 spiro atoms. The molecular weight excluding hydrogens is 563 g/mol. The number of fused-ring (bicyclic) bond motifs is 2. The summed E-state index contributed by atoms with van der Waals surface area (Å²) in [4.78, 5) is 0. The Hall–Kier alpha value is -1.44. The second kappa shape index (κ2) is 14.3. The molecule has 0 N–H and O–H groups in total. The number of halogens is 2. The van der Waals surface area contributed by atoms with Gasteiger partial charge in [-0.2, -0.15) is 12.1 Å². The van der Waals surface area contributed by atoms with E-state index >= 15 is 0 Å². The molecule has 0 fully saturated rings. The second-order valence-electron chi connectivity index (χ2n) is 9.11. The first-order valence-corrected chi connectivity index (χ1v) is 17.2. The van der Waals surface area contributed by atoms with Crippen molar-refractivity contribution in [3.8, 4) is 0 Å². The van der Waals surface area contributed by atoms with Crippen LogP contribution < -0.4 is 30.0 Å². The number of hydrogen-bond acceptors (Lipinski definition) is 0. The average molecular weight is 597 g/mol. The number of aryl methyl sites for hydroxylation is 6. The van der Waals surface area contributed by atoms with Crippen molar-refractivity contribution in [1.29, 1.82) is 0 Å². The Bertz CT molecular complexity index is 1230. The van der Waals surface area contributed by atoms with Gasteiger partial charge in [-0.25, -0.2) is 0 Å². The molecule has 0 aliphatic carbocycles. The summed E-state index contributed by atoms with van der Waals surface area (Å²) in [6.07, 6.45) is 0. The molecule has 0 amide bonds. The molecule has 0 aliphatic rings. The Balaban J connectivity index is 0.000000258. The van der Waals surface area contributed by atoms with Crippen molar-refractivity contribution in [2.24, 2.45) is 0 Å². The summed E-state index contributed by atoms with van der Waals surface area (Å²) < 4.78 is 0. The van der Waals surface area contributed by atoms with E-state index in [1.807, 2.05) is 0 Å². The van der Waals surface area contributed by atoms with Crippen LogP contribution in [0.15, 0.2) is 78.9 Å². The van der Waals surface area contributed by atoms with Gasteiger partial charge < -0.3 is 24.8 Å². The van der Waals surface area contributed by atoms with Gasteiger partial charge >= 0.3 is 70.8 Å². The van der Waals surface area contributed by atoms with Gasteiger partial charge in [0.05, 0.1) is 0 Å². The molecule has 5 aromatic rings. The van der Waals surface area contributed by atoms with Gasteiger partial charge in [0, 0.05) is 0 Å². The average Bonchev–Trinajstić information content (AvgIpc) is 3.39. The summed E-state index contributed by atoms with van der Waals surface area (Å²) in [5.41, 5.74) is 8.12. The van der Waals surface area contributed by atoms with Crippen LogP contribution in [0, 0.1) is 41.5 Å². The van der Waals surface area contributed by atoms with Crippen molar-refractivity contribution in [3.63, 3.8) is 0 Å². The smallest absolute Gasteiger partial charge is 0.0488 e. The Morgan fingerprint density at radius 3 is 1.26 bits per heavy atom. The van der Waals surface area contributed by atoms with Gasteiger partial charge in [-0.3, -0.25) is 0 Å². The fourth-order valence-corrected chi connectivity index (χ4v) is 6.08. The number of hydrogen-bond donors (Lipinski definition) is 0. The standard InChI is InChI=1S/2C12H13.C7H8Si.2ClH.Zr/c2*1-8-6-11-9(2)4-5-10(3)12(11)7-8;1-8-7-5-3-2-4-6-7;;;/h2*4-7H,1-3H3;2-6H,1H3;2*1H;/q2*-1;;;;+2/p-2. The van der Waals surface area contributed by atoms with Crippen LogP contribution in [-0.4, -0.2) is 5.43 Å². The molecule has 0 bridgehead atoms. The minimum Gasteiger partial charge on any atom is -1.00 e. The molecule has 0 aliphatic heterocycles. The largest absolute Gasteiger partial charge is 1.00 e. The summed E-state index contributed by atoms with van der Waals surface area (Å²) in [7, 11) is 0. The number of rotatable bonds is 1. The van der Waals surface area contributed by atoms with E-state index in [4.69, 9.17) is 0 Å². The Morgan fingerprint density at radius 2 is 0.943 bits per heavy atom. The van der Waals surface area contributed by atoms with Crippen molar-refractivity contribution < 1.29 is 48.1 Å². The van der Waals surface area contributed by atoms with E-state index in [1.54, 1.807) is 28.5 Å². The van der Waals surface area contributed by atoms with Gasteiger partial charge in [0.25, 0.3) is 0 Å². The molecule has 0 saturated carbocycles. The van der Waals surface area contributed by atoms with Gasteiger partial charge in [-0.1, -0.05) is 51.0 Å². The van der Waals surface area contributed by atoms with E-state index in [9.17, 15) is 0 Å². The summed E-state index contributed by atoms with van der Waals surface area (Å²) in [6.45, 7) is 15.3. The zero-order valence-corrected chi connectivity index (χ0v) is 26.7. The predicted molar refractivity (Wildman–Crippen MR) is 145 cm³/mol. The van der Waals surface area contributed by atoms with E-state index in [0.717, 1.165) is 0 Å². The maximum atomic E-state index is 2.35. The molecule has 5 rings (SSSR count). The molecular formula is C31H34Cl2SiZr-2.